The van der Waals surface area contributed by atoms with Gasteiger partial charge in [-0.25, -0.2) is 0 Å². The number of aliphatic hydroxyl groups excluding tert-OH is 1. The molecule has 0 saturated heterocycles. The zero-order chi connectivity index (χ0) is 15.5. The van der Waals surface area contributed by atoms with Crippen LogP contribution in [0.5, 0.6) is 5.75 Å². The molecule has 2 N–H and O–H groups in total. The molecule has 1 fully saturated rings. The van der Waals surface area contributed by atoms with Crippen molar-refractivity contribution in [2.75, 3.05) is 0 Å². The van der Waals surface area contributed by atoms with Crippen molar-refractivity contribution in [3.63, 3.8) is 0 Å². The standard InChI is InChI=1S/C16H22ClNO3/c1-16(2,21-12-9-7-11(17)8-10-12)15(20)18-13-5-3-4-6-14(13)19/h7-10,13-14,19H,3-6H2,1-2H3,(H,18,20)/t13-,14-/m0/s1. The molecule has 4 nitrogen and oxygen atoms in total. The molecule has 0 heterocycles. The third-order valence-corrected chi connectivity index (χ3v) is 4.03. The topological polar surface area (TPSA) is 58.6 Å². The van der Waals surface area contributed by atoms with Crippen LogP contribution in [0.3, 0.4) is 0 Å². The van der Waals surface area contributed by atoms with Gasteiger partial charge in [-0.05, 0) is 51.0 Å². The number of aliphatic hydroxyl groups is 1. The fraction of sp³-hybridized carbons (Fsp3) is 0.562. The molecule has 5 heteroatoms. The molecule has 0 unspecified atom stereocenters. The molecule has 0 radical (unpaired) electrons. The Labute approximate surface area is 130 Å². The Morgan fingerprint density at radius 3 is 2.52 bits per heavy atom. The van der Waals surface area contributed by atoms with Gasteiger partial charge in [0.15, 0.2) is 5.60 Å². The average Bonchev–Trinajstić information content (AvgIpc) is 2.43. The van der Waals surface area contributed by atoms with Crippen LogP contribution in [0.2, 0.25) is 5.02 Å². The van der Waals surface area contributed by atoms with Crippen LogP contribution in [0.1, 0.15) is 39.5 Å². The number of ether oxygens (including phenoxy) is 1. The Morgan fingerprint density at radius 1 is 1.29 bits per heavy atom. The van der Waals surface area contributed by atoms with Crippen LogP contribution >= 0.6 is 11.6 Å². The Morgan fingerprint density at radius 2 is 1.90 bits per heavy atom. The minimum Gasteiger partial charge on any atom is -0.478 e. The van der Waals surface area contributed by atoms with Gasteiger partial charge in [0.1, 0.15) is 5.75 Å². The first-order valence-corrected chi connectivity index (χ1v) is 7.70. The van der Waals surface area contributed by atoms with Gasteiger partial charge in [-0.1, -0.05) is 24.4 Å². The number of benzene rings is 1. The summed E-state index contributed by atoms with van der Waals surface area (Å²) < 4.78 is 5.74. The van der Waals surface area contributed by atoms with E-state index >= 15 is 0 Å². The minimum atomic E-state index is -1.01. The summed E-state index contributed by atoms with van der Waals surface area (Å²) in [5, 5.41) is 13.5. The molecule has 1 aliphatic carbocycles. The van der Waals surface area contributed by atoms with Crippen LogP contribution in [-0.2, 0) is 4.79 Å². The molecule has 116 valence electrons. The van der Waals surface area contributed by atoms with Crippen LogP contribution in [0.25, 0.3) is 0 Å². The van der Waals surface area contributed by atoms with E-state index < -0.39 is 11.7 Å². The second-order valence-electron chi connectivity index (χ2n) is 6.00. The van der Waals surface area contributed by atoms with E-state index in [0.29, 0.717) is 10.8 Å². The number of carbonyl (C=O) groups is 1. The first kappa shape index (κ1) is 16.1. The van der Waals surface area contributed by atoms with Crippen molar-refractivity contribution < 1.29 is 14.6 Å². The van der Waals surface area contributed by atoms with Crippen molar-refractivity contribution in [2.45, 2.75) is 57.3 Å². The monoisotopic (exact) mass is 311 g/mol. The highest BCUT2D eigenvalue weighted by Gasteiger charge is 2.34. The normalized spacial score (nSPS) is 22.7. The van der Waals surface area contributed by atoms with Crippen molar-refractivity contribution >= 4 is 17.5 Å². The Kier molecular flexibility index (Phi) is 5.12. The van der Waals surface area contributed by atoms with Crippen LogP contribution in [0, 0.1) is 0 Å². The number of hydrogen-bond acceptors (Lipinski definition) is 3. The quantitative estimate of drug-likeness (QED) is 0.899. The molecule has 2 atom stereocenters. The number of amides is 1. The van der Waals surface area contributed by atoms with Gasteiger partial charge < -0.3 is 15.2 Å². The summed E-state index contributed by atoms with van der Waals surface area (Å²) in [6.07, 6.45) is 3.13. The Hall–Kier alpha value is -1.26. The maximum Gasteiger partial charge on any atom is 0.263 e. The molecule has 1 aliphatic rings. The van der Waals surface area contributed by atoms with E-state index in [-0.39, 0.29) is 11.9 Å². The number of nitrogens with one attached hydrogen (secondary N) is 1. The van der Waals surface area contributed by atoms with Crippen molar-refractivity contribution in [1.82, 2.24) is 5.32 Å². The number of hydrogen-bond donors (Lipinski definition) is 2. The molecule has 1 amide bonds. The summed E-state index contributed by atoms with van der Waals surface area (Å²) in [6, 6.07) is 6.71. The molecule has 1 aromatic carbocycles. The molecular weight excluding hydrogens is 290 g/mol. The second-order valence-corrected chi connectivity index (χ2v) is 6.43. The molecule has 0 aromatic heterocycles. The maximum absolute atomic E-state index is 12.4. The van der Waals surface area contributed by atoms with Gasteiger partial charge in [0.2, 0.25) is 0 Å². The van der Waals surface area contributed by atoms with Gasteiger partial charge in [-0.15, -0.1) is 0 Å². The third kappa shape index (κ3) is 4.35. The van der Waals surface area contributed by atoms with E-state index in [4.69, 9.17) is 16.3 Å². The average molecular weight is 312 g/mol. The third-order valence-electron chi connectivity index (χ3n) is 3.78. The van der Waals surface area contributed by atoms with Gasteiger partial charge >= 0.3 is 0 Å². The summed E-state index contributed by atoms with van der Waals surface area (Å²) in [5.41, 5.74) is -1.01. The van der Waals surface area contributed by atoms with Gasteiger partial charge in [-0.2, -0.15) is 0 Å². The Balaban J connectivity index is 1.97. The second kappa shape index (κ2) is 6.67. The van der Waals surface area contributed by atoms with E-state index in [1.54, 1.807) is 38.1 Å². The number of rotatable bonds is 4. The van der Waals surface area contributed by atoms with E-state index in [1.807, 2.05) is 0 Å². The molecule has 0 aliphatic heterocycles. The fourth-order valence-electron chi connectivity index (χ4n) is 2.47. The summed E-state index contributed by atoms with van der Waals surface area (Å²) in [7, 11) is 0. The first-order chi connectivity index (χ1) is 9.88. The van der Waals surface area contributed by atoms with E-state index in [0.717, 1.165) is 25.7 Å². The van der Waals surface area contributed by atoms with E-state index in [2.05, 4.69) is 5.32 Å². The molecule has 2 rings (SSSR count). The van der Waals surface area contributed by atoms with Gasteiger partial charge in [0.25, 0.3) is 5.91 Å². The molecule has 0 spiro atoms. The van der Waals surface area contributed by atoms with E-state index in [9.17, 15) is 9.90 Å². The zero-order valence-electron chi connectivity index (χ0n) is 12.4. The fourth-order valence-corrected chi connectivity index (χ4v) is 2.59. The largest absolute Gasteiger partial charge is 0.478 e. The first-order valence-electron chi connectivity index (χ1n) is 7.32. The maximum atomic E-state index is 12.4. The van der Waals surface area contributed by atoms with Crippen LogP contribution in [0.15, 0.2) is 24.3 Å². The van der Waals surface area contributed by atoms with Crippen LogP contribution in [0.4, 0.5) is 0 Å². The molecule has 1 saturated carbocycles. The summed E-state index contributed by atoms with van der Waals surface area (Å²) in [5.74, 6) is 0.368. The molecular formula is C16H22ClNO3. The van der Waals surface area contributed by atoms with Gasteiger partial charge in [-0.3, -0.25) is 4.79 Å². The van der Waals surface area contributed by atoms with Crippen LogP contribution in [-0.4, -0.2) is 28.8 Å². The SMILES string of the molecule is CC(C)(Oc1ccc(Cl)cc1)C(=O)N[C@H]1CCCC[C@@H]1O. The minimum absolute atomic E-state index is 0.181. The summed E-state index contributed by atoms with van der Waals surface area (Å²) in [4.78, 5) is 12.4. The smallest absolute Gasteiger partial charge is 0.263 e. The van der Waals surface area contributed by atoms with Gasteiger partial charge in [0.05, 0.1) is 12.1 Å². The lowest BCUT2D eigenvalue weighted by Crippen LogP contribution is -2.53. The van der Waals surface area contributed by atoms with Crippen molar-refractivity contribution in [2.24, 2.45) is 0 Å². The van der Waals surface area contributed by atoms with Crippen molar-refractivity contribution in [3.05, 3.63) is 29.3 Å². The van der Waals surface area contributed by atoms with Crippen LogP contribution < -0.4 is 10.1 Å². The predicted molar refractivity (Wildman–Crippen MR) is 82.6 cm³/mol. The van der Waals surface area contributed by atoms with Crippen molar-refractivity contribution in [1.29, 1.82) is 0 Å². The zero-order valence-corrected chi connectivity index (χ0v) is 13.2. The molecule has 0 bridgehead atoms. The molecule has 1 aromatic rings. The lowest BCUT2D eigenvalue weighted by molar-refractivity contribution is -0.136. The number of carbonyl (C=O) groups excluding carboxylic acids is 1. The number of halogens is 1. The van der Waals surface area contributed by atoms with Gasteiger partial charge in [0, 0.05) is 5.02 Å². The highest BCUT2D eigenvalue weighted by molar-refractivity contribution is 6.30. The lowest BCUT2D eigenvalue weighted by atomic mass is 9.92. The Bertz CT molecular complexity index is 487. The highest BCUT2D eigenvalue weighted by Crippen LogP contribution is 2.23. The lowest BCUT2D eigenvalue weighted by Gasteiger charge is -2.32. The summed E-state index contributed by atoms with van der Waals surface area (Å²) >= 11 is 5.83. The predicted octanol–water partition coefficient (Wildman–Crippen LogP) is 2.92. The van der Waals surface area contributed by atoms with Crippen molar-refractivity contribution in [3.8, 4) is 5.75 Å². The van der Waals surface area contributed by atoms with E-state index in [1.165, 1.54) is 0 Å². The molecule has 21 heavy (non-hydrogen) atoms. The summed E-state index contributed by atoms with van der Waals surface area (Å²) in [6.45, 7) is 3.43. The highest BCUT2D eigenvalue weighted by atomic mass is 35.5.